The van der Waals surface area contributed by atoms with Crippen LogP contribution in [-0.4, -0.2) is 11.0 Å². The Bertz CT molecular complexity index is 630. The van der Waals surface area contributed by atoms with Crippen LogP contribution in [0.2, 0.25) is 5.02 Å². The van der Waals surface area contributed by atoms with E-state index in [1.54, 1.807) is 18.2 Å². The highest BCUT2D eigenvalue weighted by atomic mass is 79.9. The zero-order valence-electron chi connectivity index (χ0n) is 10.4. The van der Waals surface area contributed by atoms with Crippen LogP contribution in [0.4, 0.5) is 0 Å². The van der Waals surface area contributed by atoms with E-state index in [9.17, 15) is 0 Å². The summed E-state index contributed by atoms with van der Waals surface area (Å²) in [6.45, 7) is 0.376. The Morgan fingerprint density at radius 1 is 1.25 bits per heavy atom. The Labute approximate surface area is 129 Å². The Hall–Kier alpha value is -1.72. The van der Waals surface area contributed by atoms with Crippen LogP contribution in [0, 0.1) is 0 Å². The third-order valence-corrected chi connectivity index (χ3v) is 3.40. The number of rotatable bonds is 4. The summed E-state index contributed by atoms with van der Waals surface area (Å²) < 4.78 is 6.70. The summed E-state index contributed by atoms with van der Waals surface area (Å²) in [6.07, 6.45) is 0. The van der Waals surface area contributed by atoms with Crippen LogP contribution < -0.4 is 10.5 Å². The Morgan fingerprint density at radius 3 is 2.60 bits per heavy atom. The van der Waals surface area contributed by atoms with Crippen LogP contribution in [0.3, 0.4) is 0 Å². The topological polar surface area (TPSA) is 67.8 Å². The first-order valence-corrected chi connectivity index (χ1v) is 6.92. The fourth-order valence-corrected chi connectivity index (χ4v) is 2.06. The second kappa shape index (κ2) is 6.63. The maximum Gasteiger partial charge on any atom is 0.173 e. The van der Waals surface area contributed by atoms with Crippen LogP contribution in [-0.2, 0) is 6.61 Å². The minimum absolute atomic E-state index is 0.0432. The molecule has 0 aliphatic carbocycles. The van der Waals surface area contributed by atoms with Crippen molar-refractivity contribution in [2.24, 2.45) is 10.9 Å². The van der Waals surface area contributed by atoms with Crippen molar-refractivity contribution in [1.82, 2.24) is 0 Å². The number of ether oxygens (including phenoxy) is 1. The minimum atomic E-state index is -0.0432. The number of nitrogens with zero attached hydrogens (tertiary/aromatic N) is 1. The van der Waals surface area contributed by atoms with E-state index >= 15 is 0 Å². The van der Waals surface area contributed by atoms with Gasteiger partial charge in [0.1, 0.15) is 12.4 Å². The van der Waals surface area contributed by atoms with Crippen molar-refractivity contribution in [3.05, 3.63) is 63.1 Å². The molecule has 0 aliphatic rings. The third kappa shape index (κ3) is 3.65. The van der Waals surface area contributed by atoms with E-state index in [0.717, 1.165) is 10.0 Å². The van der Waals surface area contributed by atoms with Gasteiger partial charge in [-0.25, -0.2) is 0 Å². The highest BCUT2D eigenvalue weighted by Crippen LogP contribution is 2.24. The number of oxime groups is 1. The molecule has 3 N–H and O–H groups in total. The number of hydrogen-bond acceptors (Lipinski definition) is 3. The van der Waals surface area contributed by atoms with Crippen molar-refractivity contribution >= 4 is 33.4 Å². The lowest BCUT2D eigenvalue weighted by Crippen LogP contribution is -2.15. The SMILES string of the molecule is N/C(=N/O)c1cc(Cl)ccc1OCc1ccc(Br)cc1. The summed E-state index contributed by atoms with van der Waals surface area (Å²) in [5.41, 5.74) is 7.07. The second-order valence-electron chi connectivity index (χ2n) is 4.04. The van der Waals surface area contributed by atoms with Crippen molar-refractivity contribution < 1.29 is 9.94 Å². The molecule has 2 aromatic carbocycles. The Kier molecular flexibility index (Phi) is 4.87. The van der Waals surface area contributed by atoms with Gasteiger partial charge in [0.2, 0.25) is 0 Å². The molecule has 0 radical (unpaired) electrons. The van der Waals surface area contributed by atoms with Gasteiger partial charge in [-0.3, -0.25) is 0 Å². The maximum atomic E-state index is 8.78. The molecule has 2 rings (SSSR count). The van der Waals surface area contributed by atoms with Gasteiger partial charge < -0.3 is 15.7 Å². The minimum Gasteiger partial charge on any atom is -0.488 e. The molecule has 0 fully saturated rings. The molecule has 0 aromatic heterocycles. The van der Waals surface area contributed by atoms with Crippen LogP contribution >= 0.6 is 27.5 Å². The van der Waals surface area contributed by atoms with Gasteiger partial charge in [0.15, 0.2) is 5.84 Å². The van der Waals surface area contributed by atoms with E-state index < -0.39 is 0 Å². The highest BCUT2D eigenvalue weighted by Gasteiger charge is 2.09. The van der Waals surface area contributed by atoms with Gasteiger partial charge in [-0.1, -0.05) is 44.8 Å². The van der Waals surface area contributed by atoms with E-state index in [4.69, 9.17) is 27.3 Å². The fraction of sp³-hybridized carbons (Fsp3) is 0.0714. The lowest BCUT2D eigenvalue weighted by molar-refractivity contribution is 0.303. The van der Waals surface area contributed by atoms with Crippen molar-refractivity contribution in [3.63, 3.8) is 0 Å². The molecule has 2 aromatic rings. The zero-order chi connectivity index (χ0) is 14.5. The molecule has 4 nitrogen and oxygen atoms in total. The van der Waals surface area contributed by atoms with Gasteiger partial charge in [0.25, 0.3) is 0 Å². The molecular weight excluding hydrogens is 344 g/mol. The van der Waals surface area contributed by atoms with Crippen molar-refractivity contribution in [2.75, 3.05) is 0 Å². The van der Waals surface area contributed by atoms with Crippen LogP contribution in [0.5, 0.6) is 5.75 Å². The van der Waals surface area contributed by atoms with E-state index in [-0.39, 0.29) is 5.84 Å². The fourth-order valence-electron chi connectivity index (χ4n) is 1.62. The lowest BCUT2D eigenvalue weighted by atomic mass is 10.2. The molecule has 104 valence electrons. The van der Waals surface area contributed by atoms with E-state index in [2.05, 4.69) is 21.1 Å². The number of benzene rings is 2. The first-order valence-electron chi connectivity index (χ1n) is 5.75. The summed E-state index contributed by atoms with van der Waals surface area (Å²) >= 11 is 9.27. The maximum absolute atomic E-state index is 8.78. The molecule has 0 saturated heterocycles. The standard InChI is InChI=1S/C14H12BrClN2O2/c15-10-3-1-9(2-4-10)8-20-13-6-5-11(16)7-12(13)14(17)18-19/h1-7,19H,8H2,(H2,17,18). The number of halogens is 2. The molecule has 0 atom stereocenters. The van der Waals surface area contributed by atoms with Crippen molar-refractivity contribution in [3.8, 4) is 5.75 Å². The average Bonchev–Trinajstić information content (AvgIpc) is 2.46. The molecule has 0 saturated carbocycles. The number of nitrogens with two attached hydrogens (primary N) is 1. The predicted molar refractivity (Wildman–Crippen MR) is 82.4 cm³/mol. The molecule has 0 unspecified atom stereocenters. The second-order valence-corrected chi connectivity index (χ2v) is 5.39. The van der Waals surface area contributed by atoms with Gasteiger partial charge in [-0.2, -0.15) is 0 Å². The molecule has 0 spiro atoms. The van der Waals surface area contributed by atoms with Crippen molar-refractivity contribution in [2.45, 2.75) is 6.61 Å². The molecule has 20 heavy (non-hydrogen) atoms. The first kappa shape index (κ1) is 14.7. The molecule has 0 amide bonds. The van der Waals surface area contributed by atoms with Gasteiger partial charge in [-0.15, -0.1) is 0 Å². The Morgan fingerprint density at radius 2 is 1.95 bits per heavy atom. The smallest absolute Gasteiger partial charge is 0.173 e. The average molecular weight is 356 g/mol. The Balaban J connectivity index is 2.19. The summed E-state index contributed by atoms with van der Waals surface area (Å²) in [7, 11) is 0. The molecule has 6 heteroatoms. The monoisotopic (exact) mass is 354 g/mol. The lowest BCUT2D eigenvalue weighted by Gasteiger charge is -2.11. The van der Waals surface area contributed by atoms with Crippen molar-refractivity contribution in [1.29, 1.82) is 0 Å². The molecule has 0 heterocycles. The quantitative estimate of drug-likeness (QED) is 0.379. The number of hydrogen-bond donors (Lipinski definition) is 2. The van der Waals surface area contributed by atoms with E-state index in [0.29, 0.717) is 22.9 Å². The van der Waals surface area contributed by atoms with Crippen LogP contribution in [0.1, 0.15) is 11.1 Å². The number of amidine groups is 1. The van der Waals surface area contributed by atoms with Crippen LogP contribution in [0.25, 0.3) is 0 Å². The largest absolute Gasteiger partial charge is 0.488 e. The zero-order valence-corrected chi connectivity index (χ0v) is 12.7. The van der Waals surface area contributed by atoms with Gasteiger partial charge in [-0.05, 0) is 35.9 Å². The van der Waals surface area contributed by atoms with Gasteiger partial charge >= 0.3 is 0 Å². The van der Waals surface area contributed by atoms with Gasteiger partial charge in [0, 0.05) is 9.50 Å². The summed E-state index contributed by atoms with van der Waals surface area (Å²) in [5, 5.41) is 12.2. The third-order valence-electron chi connectivity index (χ3n) is 2.63. The predicted octanol–water partition coefficient (Wildman–Crippen LogP) is 3.78. The summed E-state index contributed by atoms with van der Waals surface area (Å²) in [5.74, 6) is 0.464. The summed E-state index contributed by atoms with van der Waals surface area (Å²) in [6, 6.07) is 12.7. The highest BCUT2D eigenvalue weighted by molar-refractivity contribution is 9.10. The summed E-state index contributed by atoms with van der Waals surface area (Å²) in [4.78, 5) is 0. The van der Waals surface area contributed by atoms with Gasteiger partial charge in [0.05, 0.1) is 5.56 Å². The normalized spacial score (nSPS) is 11.4. The van der Waals surface area contributed by atoms with E-state index in [1.807, 2.05) is 24.3 Å². The van der Waals surface area contributed by atoms with E-state index in [1.165, 1.54) is 0 Å². The molecule has 0 aliphatic heterocycles. The molecular formula is C14H12BrClN2O2. The molecule has 0 bridgehead atoms. The van der Waals surface area contributed by atoms with Crippen LogP contribution in [0.15, 0.2) is 52.1 Å². The first-order chi connectivity index (χ1) is 9.60.